The van der Waals surface area contributed by atoms with Crippen LogP contribution in [-0.2, 0) is 4.74 Å². The molecule has 1 rings (SSSR count). The molecule has 17 heavy (non-hydrogen) atoms. The average Bonchev–Trinajstić information content (AvgIpc) is 2.28. The number of aromatic nitrogens is 2. The lowest BCUT2D eigenvalue weighted by atomic mass is 10.5. The zero-order valence-electron chi connectivity index (χ0n) is 10.1. The molecule has 0 saturated carbocycles. The maximum Gasteiger partial charge on any atom is 0.150 e. The molecule has 0 saturated heterocycles. The predicted molar refractivity (Wildman–Crippen MR) is 69.3 cm³/mol. The molecule has 0 unspecified atom stereocenters. The molecule has 0 aliphatic carbocycles. The maximum atomic E-state index is 5.91. The lowest BCUT2D eigenvalue weighted by molar-refractivity contribution is 0.126. The minimum Gasteiger partial charge on any atom is -0.382 e. The highest BCUT2D eigenvalue weighted by Gasteiger charge is 2.04. The highest BCUT2D eigenvalue weighted by Crippen LogP contribution is 2.22. The highest BCUT2D eigenvalue weighted by atomic mass is 35.5. The number of nitrogens with one attached hydrogen (secondary N) is 1. The van der Waals surface area contributed by atoms with E-state index in [4.69, 9.17) is 22.1 Å². The third-order valence-corrected chi connectivity index (χ3v) is 2.41. The fourth-order valence-corrected chi connectivity index (χ4v) is 1.26. The summed E-state index contributed by atoms with van der Waals surface area (Å²) < 4.78 is 5.41. The first-order chi connectivity index (χ1) is 8.11. The van der Waals surface area contributed by atoms with Gasteiger partial charge in [0, 0.05) is 13.1 Å². The summed E-state index contributed by atoms with van der Waals surface area (Å²) in [6.07, 6.45) is 1.37. The van der Waals surface area contributed by atoms with E-state index < -0.39 is 0 Å². The normalized spacial score (nSPS) is 10.8. The lowest BCUT2D eigenvalue weighted by Gasteiger charge is -2.11. The van der Waals surface area contributed by atoms with E-state index in [1.54, 1.807) is 0 Å². The van der Waals surface area contributed by atoms with E-state index in [2.05, 4.69) is 20.2 Å². The second-order valence-corrected chi connectivity index (χ2v) is 4.14. The first-order valence-corrected chi connectivity index (χ1v) is 5.71. The van der Waals surface area contributed by atoms with Crippen LogP contribution in [0.25, 0.3) is 0 Å². The van der Waals surface area contributed by atoms with Crippen molar-refractivity contribution in [2.24, 2.45) is 0 Å². The van der Waals surface area contributed by atoms with Crippen molar-refractivity contribution in [3.8, 4) is 0 Å². The van der Waals surface area contributed by atoms with Crippen LogP contribution in [0.2, 0.25) is 5.02 Å². The zero-order chi connectivity index (χ0) is 12.7. The highest BCUT2D eigenvalue weighted by molar-refractivity contribution is 6.35. The fourth-order valence-electron chi connectivity index (χ4n) is 1.10. The minimum absolute atomic E-state index is 0.276. The van der Waals surface area contributed by atoms with Crippen molar-refractivity contribution >= 4 is 23.2 Å². The Labute approximate surface area is 106 Å². The second kappa shape index (κ2) is 7.26. The molecule has 6 nitrogen and oxygen atoms in total. The molecule has 0 aliphatic heterocycles. The number of ether oxygens (including phenoxy) is 1. The molecule has 96 valence electrons. The number of nitrogens with two attached hydrogens (primary N) is 1. The molecule has 0 spiro atoms. The second-order valence-electron chi connectivity index (χ2n) is 3.76. The van der Waals surface area contributed by atoms with E-state index in [-0.39, 0.29) is 5.82 Å². The molecule has 0 bridgehead atoms. The molecule has 1 aromatic rings. The first kappa shape index (κ1) is 14.0. The molecule has 3 N–H and O–H groups in total. The molecule has 1 heterocycles. The van der Waals surface area contributed by atoms with E-state index in [0.29, 0.717) is 30.6 Å². The van der Waals surface area contributed by atoms with Crippen molar-refractivity contribution in [1.82, 2.24) is 14.9 Å². The number of rotatable bonds is 7. The van der Waals surface area contributed by atoms with Gasteiger partial charge in [-0.05, 0) is 14.1 Å². The number of nitrogens with zero attached hydrogens (tertiary/aromatic N) is 3. The van der Waals surface area contributed by atoms with E-state index in [1.165, 1.54) is 6.33 Å². The average molecular weight is 260 g/mol. The summed E-state index contributed by atoms with van der Waals surface area (Å²) in [5.41, 5.74) is 5.55. The van der Waals surface area contributed by atoms with Crippen LogP contribution >= 0.6 is 11.6 Å². The number of anilines is 2. The third-order valence-electron chi connectivity index (χ3n) is 2.04. The van der Waals surface area contributed by atoms with Gasteiger partial charge in [0.2, 0.25) is 0 Å². The Hall–Kier alpha value is -1.11. The molecular weight excluding hydrogens is 242 g/mol. The molecule has 0 radical (unpaired) electrons. The van der Waals surface area contributed by atoms with Gasteiger partial charge in [-0.1, -0.05) is 11.6 Å². The van der Waals surface area contributed by atoms with E-state index in [1.807, 2.05) is 14.1 Å². The summed E-state index contributed by atoms with van der Waals surface area (Å²) in [4.78, 5) is 9.83. The topological polar surface area (TPSA) is 76.3 Å². The van der Waals surface area contributed by atoms with Crippen molar-refractivity contribution in [3.05, 3.63) is 11.3 Å². The van der Waals surface area contributed by atoms with Gasteiger partial charge in [0.15, 0.2) is 5.82 Å². The Morgan fingerprint density at radius 2 is 2.18 bits per heavy atom. The van der Waals surface area contributed by atoms with Gasteiger partial charge in [-0.2, -0.15) is 0 Å². The number of nitrogen functional groups attached to an aromatic ring is 1. The fraction of sp³-hybridized carbons (Fsp3) is 0.600. The van der Waals surface area contributed by atoms with Gasteiger partial charge >= 0.3 is 0 Å². The van der Waals surface area contributed by atoms with Crippen LogP contribution in [0, 0.1) is 0 Å². The molecule has 0 amide bonds. The number of hydrogen-bond acceptors (Lipinski definition) is 6. The molecule has 0 fully saturated rings. The number of hydrogen-bond donors (Lipinski definition) is 2. The van der Waals surface area contributed by atoms with Gasteiger partial charge in [0.1, 0.15) is 17.2 Å². The van der Waals surface area contributed by atoms with Crippen molar-refractivity contribution in [2.75, 3.05) is 51.4 Å². The van der Waals surface area contributed by atoms with Gasteiger partial charge in [-0.3, -0.25) is 0 Å². The van der Waals surface area contributed by atoms with Crippen LogP contribution in [0.5, 0.6) is 0 Å². The SMILES string of the molecule is CN(C)CCOCCNc1ncnc(N)c1Cl. The summed E-state index contributed by atoms with van der Waals surface area (Å²) in [5, 5.41) is 3.39. The summed E-state index contributed by atoms with van der Waals surface area (Å²) in [6.45, 7) is 2.83. The number of likely N-dealkylation sites (N-methyl/N-ethyl adjacent to an activating group) is 1. The summed E-state index contributed by atoms with van der Waals surface area (Å²) >= 11 is 5.91. The van der Waals surface area contributed by atoms with Gasteiger partial charge in [-0.15, -0.1) is 0 Å². The Morgan fingerprint density at radius 1 is 1.41 bits per heavy atom. The quantitative estimate of drug-likeness (QED) is 0.702. The Bertz CT molecular complexity index is 347. The van der Waals surface area contributed by atoms with Gasteiger partial charge in [-0.25, -0.2) is 9.97 Å². The van der Waals surface area contributed by atoms with E-state index in [9.17, 15) is 0 Å². The van der Waals surface area contributed by atoms with Crippen molar-refractivity contribution in [1.29, 1.82) is 0 Å². The van der Waals surface area contributed by atoms with Gasteiger partial charge in [0.25, 0.3) is 0 Å². The summed E-state index contributed by atoms with van der Waals surface area (Å²) in [6, 6.07) is 0. The Balaban J connectivity index is 2.20. The Morgan fingerprint density at radius 3 is 2.88 bits per heavy atom. The molecule has 7 heteroatoms. The minimum atomic E-state index is 0.276. The van der Waals surface area contributed by atoms with Crippen molar-refractivity contribution < 1.29 is 4.74 Å². The van der Waals surface area contributed by atoms with Gasteiger partial charge < -0.3 is 20.7 Å². The molecule has 1 aromatic heterocycles. The van der Waals surface area contributed by atoms with Crippen LogP contribution in [-0.4, -0.2) is 55.3 Å². The Kier molecular flexibility index (Phi) is 5.96. The standard InChI is InChI=1S/C10H18ClN5O/c1-16(2)4-6-17-5-3-13-10-8(11)9(12)14-7-15-10/h7H,3-6H2,1-2H3,(H3,12,13,14,15). The van der Waals surface area contributed by atoms with Crippen LogP contribution in [0.1, 0.15) is 0 Å². The largest absolute Gasteiger partial charge is 0.382 e. The molecular formula is C10H18ClN5O. The maximum absolute atomic E-state index is 5.91. The van der Waals surface area contributed by atoms with Crippen molar-refractivity contribution in [2.45, 2.75) is 0 Å². The van der Waals surface area contributed by atoms with Crippen LogP contribution in [0.3, 0.4) is 0 Å². The van der Waals surface area contributed by atoms with Gasteiger partial charge in [0.05, 0.1) is 13.2 Å². The summed E-state index contributed by atoms with van der Waals surface area (Å²) in [7, 11) is 4.01. The van der Waals surface area contributed by atoms with Crippen LogP contribution < -0.4 is 11.1 Å². The van der Waals surface area contributed by atoms with Crippen LogP contribution in [0.4, 0.5) is 11.6 Å². The summed E-state index contributed by atoms with van der Waals surface area (Å²) in [5.74, 6) is 0.813. The first-order valence-electron chi connectivity index (χ1n) is 5.33. The molecule has 0 aromatic carbocycles. The lowest BCUT2D eigenvalue weighted by Crippen LogP contribution is -2.20. The van der Waals surface area contributed by atoms with Crippen LogP contribution in [0.15, 0.2) is 6.33 Å². The van der Waals surface area contributed by atoms with E-state index >= 15 is 0 Å². The predicted octanol–water partition coefficient (Wildman–Crippen LogP) is 0.702. The zero-order valence-corrected chi connectivity index (χ0v) is 10.9. The monoisotopic (exact) mass is 259 g/mol. The third kappa shape index (κ3) is 5.16. The smallest absolute Gasteiger partial charge is 0.150 e. The molecule has 0 aliphatic rings. The number of halogens is 1. The van der Waals surface area contributed by atoms with E-state index in [0.717, 1.165) is 6.54 Å². The molecule has 0 atom stereocenters. The van der Waals surface area contributed by atoms with Crippen molar-refractivity contribution in [3.63, 3.8) is 0 Å².